The smallest absolute Gasteiger partial charge is 0.260 e. The van der Waals surface area contributed by atoms with E-state index in [-0.39, 0.29) is 11.7 Å². The predicted molar refractivity (Wildman–Crippen MR) is 140 cm³/mol. The van der Waals surface area contributed by atoms with Gasteiger partial charge in [0.05, 0.1) is 18.5 Å². The minimum atomic E-state index is -0.346. The number of rotatable bonds is 3. The lowest BCUT2D eigenvalue weighted by Gasteiger charge is -2.18. The highest BCUT2D eigenvalue weighted by atomic mass is 16.5. The number of hydrogen-bond donors (Lipinski definition) is 3. The van der Waals surface area contributed by atoms with Crippen molar-refractivity contribution in [2.45, 2.75) is 31.6 Å². The van der Waals surface area contributed by atoms with E-state index in [9.17, 15) is 4.79 Å². The van der Waals surface area contributed by atoms with Gasteiger partial charge in [-0.2, -0.15) is 0 Å². The minimum Gasteiger partial charge on any atom is -0.493 e. The number of hydrogen-bond acceptors (Lipinski definition) is 6. The molecule has 3 aromatic rings. The molecule has 0 radical (unpaired) electrons. The van der Waals surface area contributed by atoms with E-state index in [4.69, 9.17) is 15.6 Å². The van der Waals surface area contributed by atoms with Crippen LogP contribution < -0.4 is 10.1 Å². The zero-order valence-electron chi connectivity index (χ0n) is 19.9. The summed E-state index contributed by atoms with van der Waals surface area (Å²) in [5.41, 5.74) is 3.71. The molecule has 3 heterocycles. The summed E-state index contributed by atoms with van der Waals surface area (Å²) >= 11 is 0. The lowest BCUT2D eigenvalue weighted by atomic mass is 10.0. The second kappa shape index (κ2) is 10.5. The Labute approximate surface area is 210 Å². The van der Waals surface area contributed by atoms with Crippen LogP contribution >= 0.6 is 0 Å². The molecule has 8 nitrogen and oxygen atoms in total. The number of fused-ring (bicyclic) bond motifs is 3. The molecule has 3 N–H and O–H groups in total. The number of nitrogens with zero attached hydrogens (tertiary/aromatic N) is 3. The van der Waals surface area contributed by atoms with Crippen molar-refractivity contribution in [1.29, 1.82) is 10.8 Å². The lowest BCUT2D eigenvalue weighted by Crippen LogP contribution is -2.30. The van der Waals surface area contributed by atoms with E-state index in [1.165, 1.54) is 17.7 Å². The van der Waals surface area contributed by atoms with Gasteiger partial charge >= 0.3 is 0 Å². The molecular weight excluding hydrogens is 452 g/mol. The van der Waals surface area contributed by atoms with E-state index < -0.39 is 0 Å². The number of amidine groups is 1. The first-order chi connectivity index (χ1) is 17.6. The summed E-state index contributed by atoms with van der Waals surface area (Å²) in [7, 11) is 0. The van der Waals surface area contributed by atoms with Crippen molar-refractivity contribution in [3.63, 3.8) is 0 Å². The van der Waals surface area contributed by atoms with Crippen LogP contribution in [0, 0.1) is 10.8 Å². The molecule has 1 saturated carbocycles. The number of amides is 1. The third kappa shape index (κ3) is 5.33. The first-order valence-corrected chi connectivity index (χ1v) is 12.1. The maximum Gasteiger partial charge on any atom is 0.260 e. The highest BCUT2D eigenvalue weighted by molar-refractivity contribution is 6.07. The molecule has 1 aliphatic heterocycles. The fraction of sp³-hybridized carbons (Fsp3) is 0.250. The number of carbonyl (C=O) groups excluding carboxylic acids is 1. The number of nitrogens with one attached hydrogen (secondary N) is 3. The van der Waals surface area contributed by atoms with E-state index >= 15 is 0 Å². The zero-order valence-corrected chi connectivity index (χ0v) is 19.9. The monoisotopic (exact) mass is 480 g/mol. The molecule has 2 aliphatic rings. The van der Waals surface area contributed by atoms with Crippen molar-refractivity contribution in [2.75, 3.05) is 18.5 Å². The predicted octanol–water partition coefficient (Wildman–Crippen LogP) is 5.24. The van der Waals surface area contributed by atoms with Crippen molar-refractivity contribution in [2.24, 2.45) is 0 Å². The lowest BCUT2D eigenvalue weighted by molar-refractivity contribution is 0.102. The van der Waals surface area contributed by atoms with Gasteiger partial charge in [0.25, 0.3) is 5.91 Å². The standard InChI is InChI=1S/C28H28N6O2/c29-18-34-14-3-1-2-4-15-36-25-13-11-20(21-10-12-23(31-17-21)19-8-9-19)16-22(25)28(35)33-26-7-5-6-24(32-26)27(34)30/h1,3,5-7,10-13,16-19,29-30H,2,4,8-9,14-15H2,(H,32,33,35)/b3-1-,29-18?,30-27?. The van der Waals surface area contributed by atoms with Crippen molar-refractivity contribution >= 4 is 23.9 Å². The van der Waals surface area contributed by atoms with Crippen LogP contribution in [-0.2, 0) is 0 Å². The Bertz CT molecular complexity index is 1310. The van der Waals surface area contributed by atoms with Crippen LogP contribution in [0.3, 0.4) is 0 Å². The number of ether oxygens (including phenoxy) is 1. The van der Waals surface area contributed by atoms with Gasteiger partial charge in [-0.3, -0.25) is 20.6 Å². The Morgan fingerprint density at radius 1 is 1.08 bits per heavy atom. The van der Waals surface area contributed by atoms with E-state index in [0.29, 0.717) is 41.9 Å². The van der Waals surface area contributed by atoms with Gasteiger partial charge in [-0.1, -0.05) is 30.4 Å². The first-order valence-electron chi connectivity index (χ1n) is 12.1. The number of benzene rings is 1. The molecule has 8 heteroatoms. The van der Waals surface area contributed by atoms with Crippen molar-refractivity contribution in [1.82, 2.24) is 14.9 Å². The molecule has 2 bridgehead atoms. The van der Waals surface area contributed by atoms with Crippen LogP contribution in [0.4, 0.5) is 5.82 Å². The second-order valence-corrected chi connectivity index (χ2v) is 8.91. The number of carbonyl (C=O) groups is 1. The largest absolute Gasteiger partial charge is 0.493 e. The molecular formula is C28H28N6O2. The molecule has 1 aromatic carbocycles. The summed E-state index contributed by atoms with van der Waals surface area (Å²) in [5.74, 6) is 1.16. The molecule has 36 heavy (non-hydrogen) atoms. The highest BCUT2D eigenvalue weighted by Gasteiger charge is 2.24. The second-order valence-electron chi connectivity index (χ2n) is 8.91. The third-order valence-corrected chi connectivity index (χ3v) is 6.26. The van der Waals surface area contributed by atoms with E-state index in [1.807, 2.05) is 36.5 Å². The summed E-state index contributed by atoms with van der Waals surface area (Å²) in [6, 6.07) is 14.8. The van der Waals surface area contributed by atoms with E-state index in [2.05, 4.69) is 27.4 Å². The van der Waals surface area contributed by atoms with Crippen molar-refractivity contribution in [3.05, 3.63) is 83.8 Å². The Morgan fingerprint density at radius 3 is 2.72 bits per heavy atom. The first kappa shape index (κ1) is 23.4. The fourth-order valence-corrected chi connectivity index (χ4v) is 4.07. The molecule has 2 aromatic heterocycles. The minimum absolute atomic E-state index is 0.0889. The van der Waals surface area contributed by atoms with Crippen molar-refractivity contribution < 1.29 is 9.53 Å². The van der Waals surface area contributed by atoms with Crippen molar-refractivity contribution in [3.8, 4) is 16.9 Å². The fourth-order valence-electron chi connectivity index (χ4n) is 4.07. The maximum atomic E-state index is 13.4. The van der Waals surface area contributed by atoms with Gasteiger partial charge in [0.2, 0.25) is 0 Å². The van der Waals surface area contributed by atoms with Gasteiger partial charge in [-0.15, -0.1) is 0 Å². The van der Waals surface area contributed by atoms with Gasteiger partial charge in [0.1, 0.15) is 17.3 Å². The molecule has 182 valence electrons. The molecule has 1 aliphatic carbocycles. The summed E-state index contributed by atoms with van der Waals surface area (Å²) in [5, 5.41) is 19.0. The summed E-state index contributed by atoms with van der Waals surface area (Å²) in [4.78, 5) is 23.9. The third-order valence-electron chi connectivity index (χ3n) is 6.26. The van der Waals surface area contributed by atoms with Crippen LogP contribution in [0.1, 0.15) is 53.3 Å². The highest BCUT2D eigenvalue weighted by Crippen LogP contribution is 2.39. The van der Waals surface area contributed by atoms with E-state index in [1.54, 1.807) is 18.2 Å². The average Bonchev–Trinajstić information content (AvgIpc) is 3.75. The number of anilines is 1. The number of aromatic nitrogens is 2. The van der Waals surface area contributed by atoms with E-state index in [0.717, 1.165) is 36.0 Å². The molecule has 0 saturated heterocycles. The van der Waals surface area contributed by atoms with Crippen LogP contribution in [0.25, 0.3) is 11.1 Å². The normalized spacial score (nSPS) is 17.5. The Balaban J connectivity index is 1.47. The van der Waals surface area contributed by atoms with Gasteiger partial charge in [0, 0.05) is 29.9 Å². The maximum absolute atomic E-state index is 13.4. The van der Waals surface area contributed by atoms with Gasteiger partial charge < -0.3 is 15.0 Å². The topological polar surface area (TPSA) is 115 Å². The Morgan fingerprint density at radius 2 is 1.94 bits per heavy atom. The summed E-state index contributed by atoms with van der Waals surface area (Å²) in [6.45, 7) is 0.850. The molecule has 1 fully saturated rings. The molecule has 0 spiro atoms. The Kier molecular flexibility index (Phi) is 6.84. The molecule has 5 rings (SSSR count). The molecule has 0 unspecified atom stereocenters. The SMILES string of the molecule is N=CN1C/C=C\CCCOc2ccc(-c3ccc(C4CC4)nc3)cc2C(=O)Nc2cccc(n2)C1=N. The zero-order chi connectivity index (χ0) is 24.9. The summed E-state index contributed by atoms with van der Waals surface area (Å²) < 4.78 is 6.01. The Hall–Kier alpha value is -4.33. The number of allylic oxidation sites excluding steroid dienone is 1. The quantitative estimate of drug-likeness (QED) is 0.270. The van der Waals surface area contributed by atoms with Crippen LogP contribution in [0.2, 0.25) is 0 Å². The molecule has 0 atom stereocenters. The van der Waals surface area contributed by atoms with Gasteiger partial charge in [-0.25, -0.2) is 4.98 Å². The van der Waals surface area contributed by atoms with Gasteiger partial charge in [0.15, 0.2) is 5.84 Å². The molecule has 1 amide bonds. The van der Waals surface area contributed by atoms with Crippen LogP contribution in [0.15, 0.2) is 66.9 Å². The van der Waals surface area contributed by atoms with Crippen LogP contribution in [0.5, 0.6) is 5.75 Å². The average molecular weight is 481 g/mol. The van der Waals surface area contributed by atoms with Gasteiger partial charge in [-0.05, 0) is 61.6 Å². The number of pyridine rings is 2. The summed E-state index contributed by atoms with van der Waals surface area (Å²) in [6.07, 6.45) is 10.9. The van der Waals surface area contributed by atoms with Crippen LogP contribution in [-0.4, -0.2) is 46.1 Å².